The highest BCUT2D eigenvalue weighted by Gasteiger charge is 2.24. The quantitative estimate of drug-likeness (QED) is 0.736. The fourth-order valence-corrected chi connectivity index (χ4v) is 3.84. The van der Waals surface area contributed by atoms with Gasteiger partial charge in [-0.15, -0.1) is 0 Å². The smallest absolute Gasteiger partial charge is 0.251 e. The minimum atomic E-state index is -0.232. The van der Waals surface area contributed by atoms with E-state index in [0.29, 0.717) is 12.1 Å². The van der Waals surface area contributed by atoms with E-state index in [9.17, 15) is 9.59 Å². The lowest BCUT2D eigenvalue weighted by Gasteiger charge is -2.28. The molecule has 160 valence electrons. The lowest BCUT2D eigenvalue weighted by molar-refractivity contribution is -0.120. The first-order valence-electron chi connectivity index (χ1n) is 10.8. The number of rotatable bonds is 7. The summed E-state index contributed by atoms with van der Waals surface area (Å²) < 4.78 is 0. The first-order valence-corrected chi connectivity index (χ1v) is 10.8. The molecule has 2 aromatic rings. The summed E-state index contributed by atoms with van der Waals surface area (Å²) in [6, 6.07) is 18.0. The van der Waals surface area contributed by atoms with Crippen molar-refractivity contribution >= 4 is 11.8 Å². The molecule has 1 fully saturated rings. The van der Waals surface area contributed by atoms with Crippen LogP contribution >= 0.6 is 0 Å². The number of carbonyl (C=O) groups excluding carboxylic acids is 2. The van der Waals surface area contributed by atoms with Gasteiger partial charge in [-0.05, 0) is 54.6 Å². The van der Waals surface area contributed by atoms with Crippen LogP contribution in [0.1, 0.15) is 61.1 Å². The van der Waals surface area contributed by atoms with E-state index in [1.54, 1.807) is 0 Å². The number of amides is 2. The van der Waals surface area contributed by atoms with E-state index in [-0.39, 0.29) is 29.8 Å². The van der Waals surface area contributed by atoms with Crippen LogP contribution in [-0.2, 0) is 10.2 Å². The van der Waals surface area contributed by atoms with Crippen LogP contribution in [0.25, 0.3) is 0 Å². The number of nitrogens with one attached hydrogen (secondary N) is 2. The van der Waals surface area contributed by atoms with E-state index in [0.717, 1.165) is 13.1 Å². The van der Waals surface area contributed by atoms with Gasteiger partial charge in [-0.2, -0.15) is 0 Å². The number of likely N-dealkylation sites (tertiary alicyclic amines) is 1. The molecule has 1 aliphatic rings. The van der Waals surface area contributed by atoms with Crippen molar-refractivity contribution in [3.8, 4) is 0 Å². The standard InChI is InChI=1S/C25H33N3O2/c1-25(2,3)21-13-11-20(12-14-21)24(30)27-18-23(29)26-17-22(28-15-7-8-16-28)19-9-5-4-6-10-19/h4-6,9-14,22H,7-8,15-18H2,1-3H3,(H,26,29)(H,27,30). The van der Waals surface area contributed by atoms with Crippen LogP contribution in [0.5, 0.6) is 0 Å². The van der Waals surface area contributed by atoms with Gasteiger partial charge >= 0.3 is 0 Å². The molecular weight excluding hydrogens is 374 g/mol. The summed E-state index contributed by atoms with van der Waals surface area (Å²) in [5.74, 6) is -0.403. The van der Waals surface area contributed by atoms with Gasteiger partial charge in [0.2, 0.25) is 5.91 Å². The molecule has 1 aliphatic heterocycles. The Morgan fingerprint density at radius 1 is 0.933 bits per heavy atom. The van der Waals surface area contributed by atoms with Crippen molar-refractivity contribution in [3.05, 3.63) is 71.3 Å². The summed E-state index contributed by atoms with van der Waals surface area (Å²) in [6.45, 7) is 9.03. The first kappa shape index (κ1) is 22.0. The maximum atomic E-state index is 12.4. The molecule has 0 aromatic heterocycles. The number of hydrogen-bond acceptors (Lipinski definition) is 3. The number of hydrogen-bond donors (Lipinski definition) is 2. The lowest BCUT2D eigenvalue weighted by Crippen LogP contribution is -2.41. The van der Waals surface area contributed by atoms with Crippen molar-refractivity contribution in [1.82, 2.24) is 15.5 Å². The average Bonchev–Trinajstić information content (AvgIpc) is 3.27. The highest BCUT2D eigenvalue weighted by Crippen LogP contribution is 2.24. The average molecular weight is 408 g/mol. The molecule has 2 aromatic carbocycles. The Labute approximate surface area is 179 Å². The molecule has 0 bridgehead atoms. The highest BCUT2D eigenvalue weighted by atomic mass is 16.2. The number of nitrogens with zero attached hydrogens (tertiary/aromatic N) is 1. The maximum absolute atomic E-state index is 12.4. The Morgan fingerprint density at radius 3 is 2.17 bits per heavy atom. The Kier molecular flexibility index (Phi) is 7.27. The molecule has 5 heteroatoms. The second kappa shape index (κ2) is 9.90. The Balaban J connectivity index is 1.51. The molecular formula is C25H33N3O2. The summed E-state index contributed by atoms with van der Waals surface area (Å²) in [5.41, 5.74) is 2.99. The van der Waals surface area contributed by atoms with Crippen molar-refractivity contribution in [2.24, 2.45) is 0 Å². The summed E-state index contributed by atoms with van der Waals surface area (Å²) >= 11 is 0. The summed E-state index contributed by atoms with van der Waals surface area (Å²) in [4.78, 5) is 27.2. The normalized spacial score (nSPS) is 15.6. The van der Waals surface area contributed by atoms with Gasteiger partial charge in [0.15, 0.2) is 0 Å². The number of benzene rings is 2. The van der Waals surface area contributed by atoms with Gasteiger partial charge in [0.1, 0.15) is 0 Å². The summed E-state index contributed by atoms with van der Waals surface area (Å²) in [5, 5.41) is 5.72. The van der Waals surface area contributed by atoms with Crippen LogP contribution in [0, 0.1) is 0 Å². The fourth-order valence-electron chi connectivity index (χ4n) is 3.84. The van der Waals surface area contributed by atoms with Crippen LogP contribution in [-0.4, -0.2) is 42.9 Å². The molecule has 2 N–H and O–H groups in total. The Morgan fingerprint density at radius 2 is 1.57 bits per heavy atom. The van der Waals surface area contributed by atoms with Crippen LogP contribution < -0.4 is 10.6 Å². The molecule has 2 amide bonds. The minimum Gasteiger partial charge on any atom is -0.353 e. The van der Waals surface area contributed by atoms with Crippen molar-refractivity contribution < 1.29 is 9.59 Å². The second-order valence-corrected chi connectivity index (χ2v) is 8.98. The van der Waals surface area contributed by atoms with Crippen molar-refractivity contribution in [2.45, 2.75) is 45.1 Å². The zero-order chi connectivity index (χ0) is 21.6. The molecule has 1 saturated heterocycles. The van der Waals surface area contributed by atoms with E-state index in [1.165, 1.54) is 24.0 Å². The summed E-state index contributed by atoms with van der Waals surface area (Å²) in [7, 11) is 0. The molecule has 0 saturated carbocycles. The molecule has 30 heavy (non-hydrogen) atoms. The lowest BCUT2D eigenvalue weighted by atomic mass is 9.87. The largest absolute Gasteiger partial charge is 0.353 e. The first-order chi connectivity index (χ1) is 14.3. The van der Waals surface area contributed by atoms with E-state index >= 15 is 0 Å². The molecule has 1 heterocycles. The SMILES string of the molecule is CC(C)(C)c1ccc(C(=O)NCC(=O)NCC(c2ccccc2)N2CCCC2)cc1. The fraction of sp³-hybridized carbons (Fsp3) is 0.440. The van der Waals surface area contributed by atoms with Gasteiger partial charge in [0.05, 0.1) is 12.6 Å². The van der Waals surface area contributed by atoms with Crippen molar-refractivity contribution in [3.63, 3.8) is 0 Å². The Bertz CT molecular complexity index is 835. The third kappa shape index (κ3) is 5.92. The van der Waals surface area contributed by atoms with Crippen LogP contribution in [0.4, 0.5) is 0 Å². The molecule has 1 atom stereocenters. The van der Waals surface area contributed by atoms with E-state index < -0.39 is 0 Å². The third-order valence-corrected chi connectivity index (χ3v) is 5.68. The topological polar surface area (TPSA) is 61.4 Å². The van der Waals surface area contributed by atoms with E-state index in [2.05, 4.69) is 48.4 Å². The van der Waals surface area contributed by atoms with Gasteiger partial charge in [0, 0.05) is 12.1 Å². The van der Waals surface area contributed by atoms with Crippen LogP contribution in [0.3, 0.4) is 0 Å². The van der Waals surface area contributed by atoms with Crippen LogP contribution in [0.15, 0.2) is 54.6 Å². The minimum absolute atomic E-state index is 0.0264. The molecule has 0 spiro atoms. The number of carbonyl (C=O) groups is 2. The van der Waals surface area contributed by atoms with Gasteiger partial charge in [0.25, 0.3) is 5.91 Å². The molecule has 0 radical (unpaired) electrons. The van der Waals surface area contributed by atoms with Gasteiger partial charge in [-0.25, -0.2) is 0 Å². The third-order valence-electron chi connectivity index (χ3n) is 5.68. The zero-order valence-electron chi connectivity index (χ0n) is 18.3. The van der Waals surface area contributed by atoms with Gasteiger partial charge < -0.3 is 10.6 Å². The summed E-state index contributed by atoms with van der Waals surface area (Å²) in [6.07, 6.45) is 2.39. The van der Waals surface area contributed by atoms with E-state index in [4.69, 9.17) is 0 Å². The molecule has 0 aliphatic carbocycles. The van der Waals surface area contributed by atoms with Crippen molar-refractivity contribution in [2.75, 3.05) is 26.2 Å². The monoisotopic (exact) mass is 407 g/mol. The maximum Gasteiger partial charge on any atom is 0.251 e. The van der Waals surface area contributed by atoms with Crippen molar-refractivity contribution in [1.29, 1.82) is 0 Å². The molecule has 5 nitrogen and oxygen atoms in total. The zero-order valence-corrected chi connectivity index (χ0v) is 18.3. The van der Waals surface area contributed by atoms with E-state index in [1.807, 2.05) is 42.5 Å². The van der Waals surface area contributed by atoms with Gasteiger partial charge in [-0.3, -0.25) is 14.5 Å². The van der Waals surface area contributed by atoms with Crippen LogP contribution in [0.2, 0.25) is 0 Å². The Hall–Kier alpha value is -2.66. The molecule has 1 unspecified atom stereocenters. The predicted molar refractivity (Wildman–Crippen MR) is 120 cm³/mol. The van der Waals surface area contributed by atoms with Gasteiger partial charge in [-0.1, -0.05) is 63.2 Å². The predicted octanol–water partition coefficient (Wildman–Crippen LogP) is 3.67. The second-order valence-electron chi connectivity index (χ2n) is 8.98. The molecule has 3 rings (SSSR count). The highest BCUT2D eigenvalue weighted by molar-refractivity contribution is 5.96.